The number of nitrogens with zero attached hydrogens (tertiary/aromatic N) is 2. The molecule has 0 bridgehead atoms. The second-order valence-electron chi connectivity index (χ2n) is 7.73. The van der Waals surface area contributed by atoms with Crippen LogP contribution in [0.25, 0.3) is 0 Å². The summed E-state index contributed by atoms with van der Waals surface area (Å²) in [6.07, 6.45) is 2.46. The number of hydrogen-bond acceptors (Lipinski definition) is 5. The summed E-state index contributed by atoms with van der Waals surface area (Å²) >= 11 is 0. The van der Waals surface area contributed by atoms with Gasteiger partial charge in [0.2, 0.25) is 0 Å². The number of rotatable bonds is 10. The van der Waals surface area contributed by atoms with Crippen molar-refractivity contribution in [2.45, 2.75) is 32.4 Å². The van der Waals surface area contributed by atoms with Crippen molar-refractivity contribution in [3.8, 4) is 17.2 Å². The monoisotopic (exact) mass is 440 g/mol. The van der Waals surface area contributed by atoms with E-state index in [-0.39, 0.29) is 6.04 Å². The average Bonchev–Trinajstić information content (AvgIpc) is 3.37. The lowest BCUT2D eigenvalue weighted by atomic mass is 10.0. The molecule has 1 aliphatic rings. The fourth-order valence-corrected chi connectivity index (χ4v) is 4.21. The minimum Gasteiger partial charge on any atom is -0.496 e. The van der Waals surface area contributed by atoms with Gasteiger partial charge in [0.1, 0.15) is 5.75 Å². The van der Waals surface area contributed by atoms with Gasteiger partial charge in [-0.15, -0.1) is 0 Å². The Bertz CT molecular complexity index is 881. The summed E-state index contributed by atoms with van der Waals surface area (Å²) in [5.41, 5.74) is 2.18. The zero-order valence-electron chi connectivity index (χ0n) is 19.7. The van der Waals surface area contributed by atoms with Gasteiger partial charge in [-0.25, -0.2) is 4.99 Å². The molecular formula is C25H36N4O3. The minimum atomic E-state index is 0.212. The largest absolute Gasteiger partial charge is 0.496 e. The third-order valence-electron chi connectivity index (χ3n) is 5.78. The molecule has 2 aromatic carbocycles. The number of likely N-dealkylation sites (tertiary alicyclic amines) is 1. The highest BCUT2D eigenvalue weighted by Crippen LogP contribution is 2.32. The van der Waals surface area contributed by atoms with Crippen LogP contribution < -0.4 is 24.8 Å². The number of hydrogen-bond donors (Lipinski definition) is 2. The molecule has 7 heteroatoms. The first kappa shape index (κ1) is 23.7. The van der Waals surface area contributed by atoms with Crippen LogP contribution in [0.5, 0.6) is 17.2 Å². The lowest BCUT2D eigenvalue weighted by molar-refractivity contribution is 0.239. The fraction of sp³-hybridized carbons (Fsp3) is 0.480. The van der Waals surface area contributed by atoms with Crippen molar-refractivity contribution < 1.29 is 14.2 Å². The Morgan fingerprint density at radius 2 is 1.66 bits per heavy atom. The van der Waals surface area contributed by atoms with E-state index in [0.717, 1.165) is 49.2 Å². The van der Waals surface area contributed by atoms with E-state index in [0.29, 0.717) is 12.3 Å². The van der Waals surface area contributed by atoms with E-state index in [2.05, 4.69) is 34.6 Å². The van der Waals surface area contributed by atoms with Crippen molar-refractivity contribution in [2.24, 2.45) is 4.99 Å². The molecular weight excluding hydrogens is 404 g/mol. The van der Waals surface area contributed by atoms with Crippen LogP contribution >= 0.6 is 0 Å². The number of nitrogens with one attached hydrogen (secondary N) is 2. The van der Waals surface area contributed by atoms with Gasteiger partial charge >= 0.3 is 0 Å². The zero-order valence-corrected chi connectivity index (χ0v) is 19.7. The van der Waals surface area contributed by atoms with Crippen molar-refractivity contribution >= 4 is 5.96 Å². The van der Waals surface area contributed by atoms with Gasteiger partial charge in [-0.3, -0.25) is 4.90 Å². The van der Waals surface area contributed by atoms with Gasteiger partial charge < -0.3 is 24.8 Å². The van der Waals surface area contributed by atoms with Crippen LogP contribution in [0.2, 0.25) is 0 Å². The molecule has 1 aliphatic heterocycles. The van der Waals surface area contributed by atoms with Crippen LogP contribution in [0, 0.1) is 0 Å². The Kier molecular flexibility index (Phi) is 9.04. The molecule has 3 rings (SSSR count). The maximum Gasteiger partial charge on any atom is 0.191 e. The second kappa shape index (κ2) is 12.2. The van der Waals surface area contributed by atoms with Gasteiger partial charge in [0, 0.05) is 24.2 Å². The lowest BCUT2D eigenvalue weighted by Crippen LogP contribution is -2.42. The molecule has 1 saturated heterocycles. The third kappa shape index (κ3) is 5.85. The number of aliphatic imine (C=N–C) groups is 1. The molecule has 2 N–H and O–H groups in total. The normalized spacial score (nSPS) is 15.3. The molecule has 0 saturated carbocycles. The predicted octanol–water partition coefficient (Wildman–Crippen LogP) is 3.60. The highest BCUT2D eigenvalue weighted by atomic mass is 16.5. The topological polar surface area (TPSA) is 67.4 Å². The van der Waals surface area contributed by atoms with E-state index in [4.69, 9.17) is 19.2 Å². The van der Waals surface area contributed by atoms with Crippen LogP contribution in [-0.4, -0.2) is 58.4 Å². The summed E-state index contributed by atoms with van der Waals surface area (Å²) in [6.45, 7) is 6.27. The molecule has 1 atom stereocenters. The Morgan fingerprint density at radius 3 is 2.34 bits per heavy atom. The molecule has 1 fully saturated rings. The maximum atomic E-state index is 5.67. The summed E-state index contributed by atoms with van der Waals surface area (Å²) in [7, 11) is 5.04. The molecule has 1 heterocycles. The van der Waals surface area contributed by atoms with Crippen LogP contribution in [0.15, 0.2) is 47.5 Å². The molecule has 7 nitrogen and oxygen atoms in total. The van der Waals surface area contributed by atoms with E-state index >= 15 is 0 Å². The standard InChI is InChI=1S/C25H36N4O3/c1-5-26-25(27-17-19-11-10-14-23(31-3)24(19)32-4)28-18-21(29-15-8-9-16-29)20-12-6-7-13-22(20)30-2/h6-7,10-14,21H,5,8-9,15-18H2,1-4H3,(H2,26,27,28). The summed E-state index contributed by atoms with van der Waals surface area (Å²) in [5, 5.41) is 6.92. The Hall–Kier alpha value is -2.93. The Labute approximate surface area is 191 Å². The number of benzene rings is 2. The number of para-hydroxylation sites is 2. The SMILES string of the molecule is CCNC(=NCc1cccc(OC)c1OC)NCC(c1ccccc1OC)N1CCCC1. The molecule has 32 heavy (non-hydrogen) atoms. The second-order valence-corrected chi connectivity index (χ2v) is 7.73. The maximum absolute atomic E-state index is 5.67. The summed E-state index contributed by atoms with van der Waals surface area (Å²) < 4.78 is 16.6. The molecule has 2 aromatic rings. The number of ether oxygens (including phenoxy) is 3. The smallest absolute Gasteiger partial charge is 0.191 e. The number of guanidine groups is 1. The molecule has 0 spiro atoms. The summed E-state index contributed by atoms with van der Waals surface area (Å²) in [4.78, 5) is 7.34. The van der Waals surface area contributed by atoms with Gasteiger partial charge in [-0.2, -0.15) is 0 Å². The van der Waals surface area contributed by atoms with E-state index in [9.17, 15) is 0 Å². The molecule has 0 aromatic heterocycles. The van der Waals surface area contributed by atoms with Crippen molar-refractivity contribution in [2.75, 3.05) is 47.5 Å². The van der Waals surface area contributed by atoms with Crippen molar-refractivity contribution in [1.29, 1.82) is 0 Å². The van der Waals surface area contributed by atoms with Crippen LogP contribution in [-0.2, 0) is 6.54 Å². The minimum absolute atomic E-state index is 0.212. The highest BCUT2D eigenvalue weighted by molar-refractivity contribution is 5.79. The highest BCUT2D eigenvalue weighted by Gasteiger charge is 2.26. The van der Waals surface area contributed by atoms with E-state index in [1.165, 1.54) is 18.4 Å². The third-order valence-corrected chi connectivity index (χ3v) is 5.78. The van der Waals surface area contributed by atoms with Gasteiger partial charge in [0.15, 0.2) is 17.5 Å². The fourth-order valence-electron chi connectivity index (χ4n) is 4.21. The summed E-state index contributed by atoms with van der Waals surface area (Å²) in [5.74, 6) is 3.13. The average molecular weight is 441 g/mol. The van der Waals surface area contributed by atoms with E-state index < -0.39 is 0 Å². The Balaban J connectivity index is 1.78. The Morgan fingerprint density at radius 1 is 0.938 bits per heavy atom. The molecule has 0 amide bonds. The van der Waals surface area contributed by atoms with Gasteiger partial charge in [-0.1, -0.05) is 30.3 Å². The van der Waals surface area contributed by atoms with Crippen LogP contribution in [0.1, 0.15) is 36.9 Å². The predicted molar refractivity (Wildman–Crippen MR) is 129 cm³/mol. The first-order chi connectivity index (χ1) is 15.7. The van der Waals surface area contributed by atoms with Crippen molar-refractivity contribution in [3.05, 3.63) is 53.6 Å². The first-order valence-electron chi connectivity index (χ1n) is 11.3. The molecule has 174 valence electrons. The van der Waals surface area contributed by atoms with Gasteiger partial charge in [0.05, 0.1) is 33.9 Å². The summed E-state index contributed by atoms with van der Waals surface area (Å²) in [6, 6.07) is 14.4. The molecule has 1 unspecified atom stereocenters. The quantitative estimate of drug-likeness (QED) is 0.435. The zero-order chi connectivity index (χ0) is 22.8. The van der Waals surface area contributed by atoms with Crippen LogP contribution in [0.3, 0.4) is 0 Å². The van der Waals surface area contributed by atoms with E-state index in [1.807, 2.05) is 30.3 Å². The van der Waals surface area contributed by atoms with E-state index in [1.54, 1.807) is 21.3 Å². The first-order valence-corrected chi connectivity index (χ1v) is 11.3. The van der Waals surface area contributed by atoms with Gasteiger partial charge in [-0.05, 0) is 45.0 Å². The van der Waals surface area contributed by atoms with Crippen LogP contribution in [0.4, 0.5) is 0 Å². The molecule has 0 aliphatic carbocycles. The lowest BCUT2D eigenvalue weighted by Gasteiger charge is -2.30. The van der Waals surface area contributed by atoms with Crippen molar-refractivity contribution in [1.82, 2.24) is 15.5 Å². The number of methoxy groups -OCH3 is 3. The molecule has 0 radical (unpaired) electrons. The van der Waals surface area contributed by atoms with Crippen molar-refractivity contribution in [3.63, 3.8) is 0 Å². The van der Waals surface area contributed by atoms with Gasteiger partial charge in [0.25, 0.3) is 0 Å².